The average Bonchev–Trinajstić information content (AvgIpc) is 2.97. The smallest absolute Gasteiger partial charge is 0.138 e. The van der Waals surface area contributed by atoms with Crippen LogP contribution in [0.4, 0.5) is 5.82 Å². The van der Waals surface area contributed by atoms with Crippen LogP contribution in [0.15, 0.2) is 42.7 Å². The topological polar surface area (TPSA) is 63.8 Å². The van der Waals surface area contributed by atoms with Crippen LogP contribution in [0, 0.1) is 0 Å². The van der Waals surface area contributed by atoms with Crippen LogP contribution < -0.4 is 11.1 Å². The Kier molecular flexibility index (Phi) is 4.13. The van der Waals surface area contributed by atoms with Crippen LogP contribution in [0.1, 0.15) is 23.4 Å². The van der Waals surface area contributed by atoms with Crippen LogP contribution in [0.25, 0.3) is 10.2 Å². The van der Waals surface area contributed by atoms with E-state index in [1.165, 1.54) is 4.88 Å². The van der Waals surface area contributed by atoms with E-state index in [2.05, 4.69) is 28.3 Å². The maximum absolute atomic E-state index is 6.21. The second-order valence-electron chi connectivity index (χ2n) is 4.91. The van der Waals surface area contributed by atoms with Crippen LogP contribution >= 0.6 is 11.3 Å². The minimum atomic E-state index is -0.0551. The zero-order valence-electron chi connectivity index (χ0n) is 11.9. The summed E-state index contributed by atoms with van der Waals surface area (Å²) in [7, 11) is 0. The van der Waals surface area contributed by atoms with Gasteiger partial charge in [0.05, 0.1) is 5.39 Å². The van der Waals surface area contributed by atoms with Gasteiger partial charge in [0.2, 0.25) is 0 Å². The van der Waals surface area contributed by atoms with E-state index >= 15 is 0 Å². The molecule has 21 heavy (non-hydrogen) atoms. The number of hydrogen-bond donors (Lipinski definition) is 2. The summed E-state index contributed by atoms with van der Waals surface area (Å²) < 4.78 is 0. The third-order valence-corrected chi connectivity index (χ3v) is 4.63. The summed E-state index contributed by atoms with van der Waals surface area (Å²) in [6, 6.07) is 12.2. The predicted molar refractivity (Wildman–Crippen MR) is 88.7 cm³/mol. The summed E-state index contributed by atoms with van der Waals surface area (Å²) in [5.74, 6) is 0.863. The van der Waals surface area contributed by atoms with Gasteiger partial charge in [-0.3, -0.25) is 0 Å². The van der Waals surface area contributed by atoms with Crippen molar-refractivity contribution in [2.24, 2.45) is 5.73 Å². The zero-order chi connectivity index (χ0) is 14.7. The van der Waals surface area contributed by atoms with Gasteiger partial charge in [-0.25, -0.2) is 9.97 Å². The quantitative estimate of drug-likeness (QED) is 0.758. The van der Waals surface area contributed by atoms with Crippen molar-refractivity contribution in [3.8, 4) is 0 Å². The molecule has 108 valence electrons. The molecular weight excluding hydrogens is 280 g/mol. The minimum Gasteiger partial charge on any atom is -0.368 e. The molecule has 0 amide bonds. The molecule has 0 bridgehead atoms. The third-order valence-electron chi connectivity index (χ3n) is 3.45. The highest BCUT2D eigenvalue weighted by atomic mass is 32.1. The third kappa shape index (κ3) is 3.04. The summed E-state index contributed by atoms with van der Waals surface area (Å²) >= 11 is 1.72. The number of nitrogens with zero attached hydrogens (tertiary/aromatic N) is 2. The van der Waals surface area contributed by atoms with Gasteiger partial charge in [0, 0.05) is 17.5 Å². The van der Waals surface area contributed by atoms with E-state index < -0.39 is 0 Å². The van der Waals surface area contributed by atoms with Crippen molar-refractivity contribution in [3.63, 3.8) is 0 Å². The first-order valence-corrected chi connectivity index (χ1v) is 7.87. The number of nitrogens with two attached hydrogens (primary N) is 1. The van der Waals surface area contributed by atoms with E-state index in [9.17, 15) is 0 Å². The van der Waals surface area contributed by atoms with E-state index in [-0.39, 0.29) is 6.04 Å². The van der Waals surface area contributed by atoms with Gasteiger partial charge in [0.25, 0.3) is 0 Å². The lowest BCUT2D eigenvalue weighted by Gasteiger charge is -2.13. The molecule has 5 heteroatoms. The Morgan fingerprint density at radius 2 is 2.05 bits per heavy atom. The van der Waals surface area contributed by atoms with Gasteiger partial charge in [0.1, 0.15) is 17.0 Å². The van der Waals surface area contributed by atoms with Crippen LogP contribution in [-0.2, 0) is 6.42 Å². The fourth-order valence-electron chi connectivity index (χ4n) is 2.25. The molecule has 2 heterocycles. The second kappa shape index (κ2) is 6.20. The Bertz CT molecular complexity index is 723. The Labute approximate surface area is 128 Å². The number of rotatable bonds is 5. The van der Waals surface area contributed by atoms with Crippen molar-refractivity contribution in [2.75, 3.05) is 11.9 Å². The van der Waals surface area contributed by atoms with E-state index in [1.54, 1.807) is 17.7 Å². The van der Waals surface area contributed by atoms with E-state index in [4.69, 9.17) is 5.73 Å². The number of benzene rings is 1. The van der Waals surface area contributed by atoms with Gasteiger partial charge in [-0.1, -0.05) is 37.3 Å². The monoisotopic (exact) mass is 298 g/mol. The number of thiophene rings is 1. The van der Waals surface area contributed by atoms with Gasteiger partial charge in [-0.15, -0.1) is 11.3 Å². The highest BCUT2D eigenvalue weighted by Crippen LogP contribution is 2.28. The van der Waals surface area contributed by atoms with Crippen LogP contribution in [0.5, 0.6) is 0 Å². The first-order valence-electron chi connectivity index (χ1n) is 7.05. The molecule has 0 saturated carbocycles. The maximum Gasteiger partial charge on any atom is 0.138 e. The summed E-state index contributed by atoms with van der Waals surface area (Å²) in [5.41, 5.74) is 7.34. The molecule has 0 fully saturated rings. The van der Waals surface area contributed by atoms with Gasteiger partial charge < -0.3 is 11.1 Å². The molecule has 0 aliphatic heterocycles. The normalized spacial score (nSPS) is 12.5. The molecule has 1 unspecified atom stereocenters. The lowest BCUT2D eigenvalue weighted by atomic mass is 10.1. The number of anilines is 1. The van der Waals surface area contributed by atoms with Crippen LogP contribution in [-0.4, -0.2) is 16.5 Å². The van der Waals surface area contributed by atoms with Crippen molar-refractivity contribution in [1.29, 1.82) is 0 Å². The summed E-state index contributed by atoms with van der Waals surface area (Å²) in [6.07, 6.45) is 2.62. The van der Waals surface area contributed by atoms with Crippen molar-refractivity contribution >= 4 is 27.4 Å². The Morgan fingerprint density at radius 1 is 1.24 bits per heavy atom. The highest BCUT2D eigenvalue weighted by molar-refractivity contribution is 7.18. The average molecular weight is 298 g/mol. The number of aryl methyl sites for hydroxylation is 1. The molecule has 0 saturated heterocycles. The van der Waals surface area contributed by atoms with Crippen LogP contribution in [0.3, 0.4) is 0 Å². The summed E-state index contributed by atoms with van der Waals surface area (Å²) in [4.78, 5) is 11.0. The van der Waals surface area contributed by atoms with Gasteiger partial charge in [-0.05, 0) is 18.1 Å². The lowest BCUT2D eigenvalue weighted by molar-refractivity contribution is 0.762. The largest absolute Gasteiger partial charge is 0.368 e. The fourth-order valence-corrected chi connectivity index (χ4v) is 3.18. The second-order valence-corrected chi connectivity index (χ2v) is 6.02. The molecule has 3 N–H and O–H groups in total. The summed E-state index contributed by atoms with van der Waals surface area (Å²) in [6.45, 7) is 2.80. The number of aromatic nitrogens is 2. The van der Waals surface area contributed by atoms with Crippen molar-refractivity contribution in [2.45, 2.75) is 19.4 Å². The van der Waals surface area contributed by atoms with Gasteiger partial charge in [-0.2, -0.15) is 0 Å². The minimum absolute atomic E-state index is 0.0551. The first kappa shape index (κ1) is 14.0. The molecule has 1 atom stereocenters. The number of nitrogens with one attached hydrogen (secondary N) is 1. The molecule has 0 aliphatic rings. The number of hydrogen-bond acceptors (Lipinski definition) is 5. The Balaban J connectivity index is 1.77. The van der Waals surface area contributed by atoms with E-state index in [0.717, 1.165) is 28.0 Å². The fraction of sp³-hybridized carbons (Fsp3) is 0.250. The lowest BCUT2D eigenvalue weighted by Crippen LogP contribution is -2.21. The molecular formula is C16H18N4S. The molecule has 0 aliphatic carbocycles. The first-order chi connectivity index (χ1) is 10.3. The molecule has 1 aromatic carbocycles. The SMILES string of the molecule is CCc1cc2c(NCC(N)c3ccccc3)ncnc2s1. The van der Waals surface area contributed by atoms with E-state index in [1.807, 2.05) is 30.3 Å². The maximum atomic E-state index is 6.21. The highest BCUT2D eigenvalue weighted by Gasteiger charge is 2.10. The standard InChI is InChI=1S/C16H18N4S/c1-2-12-8-13-15(19-10-20-16(13)21-12)18-9-14(17)11-6-4-3-5-7-11/h3-8,10,14H,2,9,17H2,1H3,(H,18,19,20). The van der Waals surface area contributed by atoms with Crippen molar-refractivity contribution in [1.82, 2.24) is 9.97 Å². The van der Waals surface area contributed by atoms with Crippen molar-refractivity contribution in [3.05, 3.63) is 53.2 Å². The molecule has 4 nitrogen and oxygen atoms in total. The van der Waals surface area contributed by atoms with Gasteiger partial charge >= 0.3 is 0 Å². The Hall–Kier alpha value is -1.98. The molecule has 0 spiro atoms. The molecule has 2 aromatic heterocycles. The predicted octanol–water partition coefficient (Wildman–Crippen LogP) is 3.37. The Morgan fingerprint density at radius 3 is 2.81 bits per heavy atom. The molecule has 3 aromatic rings. The zero-order valence-corrected chi connectivity index (χ0v) is 12.7. The van der Waals surface area contributed by atoms with E-state index in [0.29, 0.717) is 6.54 Å². The van der Waals surface area contributed by atoms with Crippen LogP contribution in [0.2, 0.25) is 0 Å². The summed E-state index contributed by atoms with van der Waals surface area (Å²) in [5, 5.41) is 4.44. The molecule has 0 radical (unpaired) electrons. The number of fused-ring (bicyclic) bond motifs is 1. The van der Waals surface area contributed by atoms with Gasteiger partial charge in [0.15, 0.2) is 0 Å². The molecule has 3 rings (SSSR count). The van der Waals surface area contributed by atoms with Crippen molar-refractivity contribution < 1.29 is 0 Å².